The molecule has 0 saturated heterocycles. The molecule has 0 saturated carbocycles. The van der Waals surface area contributed by atoms with Gasteiger partial charge in [0.2, 0.25) is 0 Å². The summed E-state index contributed by atoms with van der Waals surface area (Å²) in [6.07, 6.45) is 1.71. The number of halogens is 1. The van der Waals surface area contributed by atoms with Gasteiger partial charge in [0, 0.05) is 38.9 Å². The molecule has 0 fully saturated rings. The lowest BCUT2D eigenvalue weighted by Gasteiger charge is -2.04. The monoisotopic (exact) mass is 284 g/mol. The Hall–Kier alpha value is -2.26. The third-order valence-corrected chi connectivity index (χ3v) is 3.49. The molecule has 3 aromatic rings. The number of carbonyl (C=O) groups excluding carboxylic acids is 1. The van der Waals surface area contributed by atoms with Gasteiger partial charge in [-0.1, -0.05) is 11.6 Å². The molecule has 4 heteroatoms. The predicted molar refractivity (Wildman–Crippen MR) is 82.3 cm³/mol. The standard InChI is InChI=1S/C16H13ClN2O/c1-9-4-10(6-12(18)5-9)16(20)14-8-19-15-3-2-11(17)7-13(14)15/h2-8,19H,18H2,1H3. The van der Waals surface area contributed by atoms with E-state index in [1.165, 1.54) is 0 Å². The number of hydrogen-bond acceptors (Lipinski definition) is 2. The topological polar surface area (TPSA) is 58.9 Å². The summed E-state index contributed by atoms with van der Waals surface area (Å²) in [5, 5.41) is 1.43. The van der Waals surface area contributed by atoms with Crippen molar-refractivity contribution < 1.29 is 4.79 Å². The largest absolute Gasteiger partial charge is 0.399 e. The van der Waals surface area contributed by atoms with Crippen LogP contribution in [-0.2, 0) is 0 Å². The number of carbonyl (C=O) groups is 1. The highest BCUT2D eigenvalue weighted by Gasteiger charge is 2.15. The molecule has 0 aliphatic carbocycles. The maximum atomic E-state index is 12.6. The Balaban J connectivity index is 2.15. The van der Waals surface area contributed by atoms with E-state index in [0.29, 0.717) is 21.8 Å². The van der Waals surface area contributed by atoms with Crippen LogP contribution in [0, 0.1) is 6.92 Å². The molecule has 20 heavy (non-hydrogen) atoms. The van der Waals surface area contributed by atoms with E-state index < -0.39 is 0 Å². The molecular formula is C16H13ClN2O. The van der Waals surface area contributed by atoms with Crippen LogP contribution in [-0.4, -0.2) is 10.8 Å². The third kappa shape index (κ3) is 2.17. The lowest BCUT2D eigenvalue weighted by atomic mass is 10.0. The zero-order valence-electron chi connectivity index (χ0n) is 10.9. The minimum absolute atomic E-state index is 0.0612. The molecule has 0 spiro atoms. The number of rotatable bonds is 2. The third-order valence-electron chi connectivity index (χ3n) is 3.25. The molecular weight excluding hydrogens is 272 g/mol. The minimum Gasteiger partial charge on any atom is -0.399 e. The Morgan fingerprint density at radius 3 is 2.75 bits per heavy atom. The first-order valence-electron chi connectivity index (χ1n) is 6.23. The molecule has 0 aliphatic heterocycles. The molecule has 0 bridgehead atoms. The number of nitrogens with one attached hydrogen (secondary N) is 1. The summed E-state index contributed by atoms with van der Waals surface area (Å²) in [6.45, 7) is 1.92. The van der Waals surface area contributed by atoms with Gasteiger partial charge >= 0.3 is 0 Å². The van der Waals surface area contributed by atoms with E-state index in [2.05, 4.69) is 4.98 Å². The minimum atomic E-state index is -0.0612. The summed E-state index contributed by atoms with van der Waals surface area (Å²) in [5.41, 5.74) is 9.44. The molecule has 0 aliphatic rings. The smallest absolute Gasteiger partial charge is 0.195 e. The molecule has 1 heterocycles. The van der Waals surface area contributed by atoms with Gasteiger partial charge in [0.05, 0.1) is 0 Å². The van der Waals surface area contributed by atoms with Crippen LogP contribution in [0.5, 0.6) is 0 Å². The summed E-state index contributed by atoms with van der Waals surface area (Å²) in [6, 6.07) is 10.8. The number of H-pyrrole nitrogens is 1. The van der Waals surface area contributed by atoms with E-state index in [-0.39, 0.29) is 5.78 Å². The molecule has 2 aromatic carbocycles. The molecule has 3 nitrogen and oxygen atoms in total. The summed E-state index contributed by atoms with van der Waals surface area (Å²) in [5.74, 6) is -0.0612. The summed E-state index contributed by atoms with van der Waals surface area (Å²) >= 11 is 6.00. The molecule has 3 rings (SSSR count). The van der Waals surface area contributed by atoms with Crippen LogP contribution in [0.1, 0.15) is 21.5 Å². The number of aromatic amines is 1. The fourth-order valence-corrected chi connectivity index (χ4v) is 2.55. The molecule has 1 aromatic heterocycles. The highest BCUT2D eigenvalue weighted by molar-refractivity contribution is 6.31. The first-order chi connectivity index (χ1) is 9.54. The maximum absolute atomic E-state index is 12.6. The van der Waals surface area contributed by atoms with Gasteiger partial charge in [0.1, 0.15) is 0 Å². The highest BCUT2D eigenvalue weighted by atomic mass is 35.5. The van der Waals surface area contributed by atoms with E-state index in [0.717, 1.165) is 16.5 Å². The molecule has 100 valence electrons. The lowest BCUT2D eigenvalue weighted by molar-refractivity contribution is 0.104. The van der Waals surface area contributed by atoms with Crippen LogP contribution in [0.15, 0.2) is 42.6 Å². The summed E-state index contributed by atoms with van der Waals surface area (Å²) in [7, 11) is 0. The first kappa shape index (κ1) is 12.8. The highest BCUT2D eigenvalue weighted by Crippen LogP contribution is 2.25. The Labute approximate surface area is 121 Å². The number of fused-ring (bicyclic) bond motifs is 1. The second-order valence-electron chi connectivity index (χ2n) is 4.85. The zero-order valence-corrected chi connectivity index (χ0v) is 11.7. The van der Waals surface area contributed by atoms with Gasteiger partial charge in [-0.3, -0.25) is 4.79 Å². The van der Waals surface area contributed by atoms with Crippen LogP contribution < -0.4 is 5.73 Å². The van der Waals surface area contributed by atoms with Gasteiger partial charge in [-0.15, -0.1) is 0 Å². The Morgan fingerprint density at radius 2 is 2.00 bits per heavy atom. The van der Waals surface area contributed by atoms with E-state index in [1.807, 2.05) is 25.1 Å². The molecule has 0 amide bonds. The van der Waals surface area contributed by atoms with Gasteiger partial charge in [-0.25, -0.2) is 0 Å². The first-order valence-corrected chi connectivity index (χ1v) is 6.61. The van der Waals surface area contributed by atoms with Crippen LogP contribution in [0.25, 0.3) is 10.9 Å². The van der Waals surface area contributed by atoms with Crippen molar-refractivity contribution >= 4 is 34.0 Å². The van der Waals surface area contributed by atoms with Crippen LogP contribution in [0.4, 0.5) is 5.69 Å². The van der Waals surface area contributed by atoms with Crippen LogP contribution in [0.2, 0.25) is 5.02 Å². The number of aromatic nitrogens is 1. The Bertz CT molecular complexity index is 800. The fraction of sp³-hybridized carbons (Fsp3) is 0.0625. The number of ketones is 1. The fourth-order valence-electron chi connectivity index (χ4n) is 2.38. The summed E-state index contributed by atoms with van der Waals surface area (Å²) in [4.78, 5) is 15.7. The second kappa shape index (κ2) is 4.69. The van der Waals surface area contributed by atoms with Crippen molar-refractivity contribution in [2.45, 2.75) is 6.92 Å². The van der Waals surface area contributed by atoms with Crippen LogP contribution >= 0.6 is 11.6 Å². The van der Waals surface area contributed by atoms with E-state index >= 15 is 0 Å². The molecule has 0 unspecified atom stereocenters. The lowest BCUT2D eigenvalue weighted by Crippen LogP contribution is -2.02. The van der Waals surface area contributed by atoms with Gasteiger partial charge in [0.15, 0.2) is 5.78 Å². The van der Waals surface area contributed by atoms with Gasteiger partial charge < -0.3 is 10.7 Å². The van der Waals surface area contributed by atoms with Gasteiger partial charge in [0.25, 0.3) is 0 Å². The van der Waals surface area contributed by atoms with E-state index in [4.69, 9.17) is 17.3 Å². The molecule has 3 N–H and O–H groups in total. The van der Waals surface area contributed by atoms with Crippen molar-refractivity contribution in [1.82, 2.24) is 4.98 Å². The quantitative estimate of drug-likeness (QED) is 0.553. The van der Waals surface area contributed by atoms with Crippen molar-refractivity contribution in [3.05, 3.63) is 64.3 Å². The average Bonchev–Trinajstić information content (AvgIpc) is 2.79. The second-order valence-corrected chi connectivity index (χ2v) is 5.29. The van der Waals surface area contributed by atoms with Gasteiger partial charge in [-0.05, 0) is 48.9 Å². The maximum Gasteiger partial charge on any atom is 0.195 e. The van der Waals surface area contributed by atoms with Crippen LogP contribution in [0.3, 0.4) is 0 Å². The SMILES string of the molecule is Cc1cc(N)cc(C(=O)c2c[nH]c3ccc(Cl)cc23)c1. The summed E-state index contributed by atoms with van der Waals surface area (Å²) < 4.78 is 0. The average molecular weight is 285 g/mol. The Morgan fingerprint density at radius 1 is 1.20 bits per heavy atom. The number of hydrogen-bond donors (Lipinski definition) is 2. The molecule has 0 radical (unpaired) electrons. The normalized spacial score (nSPS) is 10.9. The van der Waals surface area contributed by atoms with Crippen molar-refractivity contribution in [3.63, 3.8) is 0 Å². The number of nitrogen functional groups attached to an aromatic ring is 1. The van der Waals surface area contributed by atoms with Gasteiger partial charge in [-0.2, -0.15) is 0 Å². The number of nitrogens with two attached hydrogens (primary N) is 1. The van der Waals surface area contributed by atoms with Crippen molar-refractivity contribution in [2.75, 3.05) is 5.73 Å². The van der Waals surface area contributed by atoms with Crippen molar-refractivity contribution in [3.8, 4) is 0 Å². The van der Waals surface area contributed by atoms with E-state index in [1.54, 1.807) is 24.4 Å². The number of aryl methyl sites for hydroxylation is 1. The van der Waals surface area contributed by atoms with E-state index in [9.17, 15) is 4.79 Å². The van der Waals surface area contributed by atoms with Crippen molar-refractivity contribution in [2.24, 2.45) is 0 Å². The predicted octanol–water partition coefficient (Wildman–Crippen LogP) is 3.94. The van der Waals surface area contributed by atoms with Crippen molar-refractivity contribution in [1.29, 1.82) is 0 Å². The Kier molecular flexibility index (Phi) is 2.99. The number of anilines is 1. The zero-order chi connectivity index (χ0) is 14.3. The number of benzene rings is 2. The molecule has 0 atom stereocenters.